The highest BCUT2D eigenvalue weighted by atomic mass is 32.1. The topological polar surface area (TPSA) is 78.4 Å². The fourth-order valence-electron chi connectivity index (χ4n) is 1.75. The van der Waals surface area contributed by atoms with E-state index in [1.165, 1.54) is 4.88 Å². The molecule has 3 N–H and O–H groups in total. The summed E-state index contributed by atoms with van der Waals surface area (Å²) in [4.78, 5) is 25.2. The molecule has 0 aliphatic heterocycles. The number of aliphatic carboxylic acids is 1. The minimum atomic E-state index is -1.00. The summed E-state index contributed by atoms with van der Waals surface area (Å²) in [5, 5.41) is 14.3. The smallest absolute Gasteiger partial charge is 0.326 e. The Morgan fingerprint density at radius 2 is 1.95 bits per heavy atom. The van der Waals surface area contributed by atoms with Gasteiger partial charge in [-0.2, -0.15) is 0 Å². The van der Waals surface area contributed by atoms with E-state index >= 15 is 0 Å². The zero-order chi connectivity index (χ0) is 15.1. The van der Waals surface area contributed by atoms with Gasteiger partial charge in [0.1, 0.15) is 6.04 Å². The largest absolute Gasteiger partial charge is 0.480 e. The Morgan fingerprint density at radius 1 is 1.30 bits per heavy atom. The highest BCUT2D eigenvalue weighted by molar-refractivity contribution is 7.11. The number of carbonyl (C=O) groups excluding carboxylic acids is 1. The van der Waals surface area contributed by atoms with Crippen LogP contribution in [0.2, 0.25) is 0 Å². The molecule has 0 bridgehead atoms. The van der Waals surface area contributed by atoms with Crippen molar-refractivity contribution in [2.75, 3.05) is 0 Å². The first kappa shape index (κ1) is 16.5. The van der Waals surface area contributed by atoms with Crippen LogP contribution in [0.3, 0.4) is 0 Å². The molecule has 0 spiro atoms. The molecule has 2 amide bonds. The van der Waals surface area contributed by atoms with E-state index in [2.05, 4.69) is 17.6 Å². The van der Waals surface area contributed by atoms with Gasteiger partial charge in [0.05, 0.1) is 6.54 Å². The summed E-state index contributed by atoms with van der Waals surface area (Å²) in [7, 11) is 0. The number of thiophene rings is 1. The number of aryl methyl sites for hydroxylation is 1. The molecule has 0 fully saturated rings. The van der Waals surface area contributed by atoms with E-state index in [1.54, 1.807) is 11.3 Å². The van der Waals surface area contributed by atoms with E-state index in [0.29, 0.717) is 13.0 Å². The highest BCUT2D eigenvalue weighted by Gasteiger charge is 2.25. The zero-order valence-corrected chi connectivity index (χ0v) is 12.9. The maximum atomic E-state index is 11.7. The molecule has 0 saturated heterocycles. The Bertz CT molecular complexity index is 459. The summed E-state index contributed by atoms with van der Waals surface area (Å²) in [5.74, 6) is -1.11. The van der Waals surface area contributed by atoms with Crippen LogP contribution in [-0.2, 0) is 17.8 Å². The summed E-state index contributed by atoms with van der Waals surface area (Å²) in [6, 6.07) is 2.73. The van der Waals surface area contributed by atoms with Crippen LogP contribution in [0.5, 0.6) is 0 Å². The van der Waals surface area contributed by atoms with Crippen molar-refractivity contribution in [3.8, 4) is 0 Å². The first-order valence-electron chi connectivity index (χ1n) is 6.82. The van der Waals surface area contributed by atoms with Crippen molar-refractivity contribution in [3.63, 3.8) is 0 Å². The van der Waals surface area contributed by atoms with Crippen LogP contribution in [0.1, 0.15) is 36.9 Å². The van der Waals surface area contributed by atoms with Crippen molar-refractivity contribution in [1.29, 1.82) is 0 Å². The normalized spacial score (nSPS) is 13.6. The van der Waals surface area contributed by atoms with Crippen LogP contribution >= 0.6 is 11.3 Å². The van der Waals surface area contributed by atoms with E-state index < -0.39 is 18.0 Å². The van der Waals surface area contributed by atoms with Gasteiger partial charge >= 0.3 is 12.0 Å². The molecule has 112 valence electrons. The van der Waals surface area contributed by atoms with Gasteiger partial charge in [-0.1, -0.05) is 27.2 Å². The molecule has 0 unspecified atom stereocenters. The minimum Gasteiger partial charge on any atom is -0.480 e. The Hall–Kier alpha value is -1.56. The van der Waals surface area contributed by atoms with Crippen LogP contribution < -0.4 is 10.6 Å². The van der Waals surface area contributed by atoms with Gasteiger partial charge in [-0.05, 0) is 24.5 Å². The fourth-order valence-corrected chi connectivity index (χ4v) is 2.65. The third kappa shape index (κ3) is 4.85. The summed E-state index contributed by atoms with van der Waals surface area (Å²) in [5.41, 5.74) is 0. The van der Waals surface area contributed by atoms with E-state index in [9.17, 15) is 9.59 Å². The maximum absolute atomic E-state index is 11.7. The molecule has 1 aromatic heterocycles. The van der Waals surface area contributed by atoms with Crippen molar-refractivity contribution in [3.05, 3.63) is 21.9 Å². The molecule has 0 aliphatic carbocycles. The fraction of sp³-hybridized carbons (Fsp3) is 0.571. The van der Waals surface area contributed by atoms with Gasteiger partial charge in [0, 0.05) is 9.75 Å². The second-order valence-electron chi connectivity index (χ2n) is 4.75. The lowest BCUT2D eigenvalue weighted by Gasteiger charge is -2.20. The Labute approximate surface area is 123 Å². The number of carboxylic acid groups (broad SMARTS) is 1. The number of carbonyl (C=O) groups is 2. The average molecular weight is 298 g/mol. The van der Waals surface area contributed by atoms with Crippen molar-refractivity contribution in [2.45, 2.75) is 46.2 Å². The number of hydrogen-bond acceptors (Lipinski definition) is 3. The lowest BCUT2D eigenvalue weighted by atomic mass is 9.99. The monoisotopic (exact) mass is 298 g/mol. The number of carboxylic acids is 1. The standard InChI is InChI=1S/C14H22N2O3S/c1-4-9(3)12(13(17)18)16-14(19)15-8-11-7-6-10(5-2)20-11/h6-7,9,12H,4-5,8H2,1-3H3,(H,17,18)(H2,15,16,19)/t9-,12-/m0/s1. The van der Waals surface area contributed by atoms with Crippen molar-refractivity contribution in [2.24, 2.45) is 5.92 Å². The number of amides is 2. The Kier molecular flexibility index (Phi) is 6.51. The number of urea groups is 1. The van der Waals surface area contributed by atoms with Crippen LogP contribution in [0.15, 0.2) is 12.1 Å². The van der Waals surface area contributed by atoms with E-state index in [1.807, 2.05) is 26.0 Å². The lowest BCUT2D eigenvalue weighted by molar-refractivity contribution is -0.140. The van der Waals surface area contributed by atoms with Gasteiger partial charge in [-0.25, -0.2) is 9.59 Å². The van der Waals surface area contributed by atoms with Gasteiger partial charge in [0.25, 0.3) is 0 Å². The molecule has 0 radical (unpaired) electrons. The van der Waals surface area contributed by atoms with Crippen molar-refractivity contribution < 1.29 is 14.7 Å². The first-order valence-corrected chi connectivity index (χ1v) is 7.64. The van der Waals surface area contributed by atoms with Gasteiger partial charge in [0.2, 0.25) is 0 Å². The Morgan fingerprint density at radius 3 is 2.45 bits per heavy atom. The third-order valence-corrected chi connectivity index (χ3v) is 4.48. The highest BCUT2D eigenvalue weighted by Crippen LogP contribution is 2.16. The van der Waals surface area contributed by atoms with E-state index in [0.717, 1.165) is 11.3 Å². The molecule has 0 aliphatic rings. The van der Waals surface area contributed by atoms with Crippen LogP contribution in [0.25, 0.3) is 0 Å². The Balaban J connectivity index is 2.47. The molecule has 6 heteroatoms. The second-order valence-corrected chi connectivity index (χ2v) is 6.00. The molecule has 1 aromatic rings. The second kappa shape index (κ2) is 7.89. The van der Waals surface area contributed by atoms with Gasteiger partial charge < -0.3 is 15.7 Å². The summed E-state index contributed by atoms with van der Waals surface area (Å²) in [6.45, 7) is 6.21. The molecule has 0 saturated carbocycles. The van der Waals surface area contributed by atoms with Crippen molar-refractivity contribution >= 4 is 23.3 Å². The molecule has 0 aromatic carbocycles. The summed E-state index contributed by atoms with van der Waals surface area (Å²) < 4.78 is 0. The van der Waals surface area contributed by atoms with Gasteiger partial charge in [0.15, 0.2) is 0 Å². The van der Waals surface area contributed by atoms with Crippen LogP contribution in [0.4, 0.5) is 4.79 Å². The SMILES string of the molecule is CCc1ccc(CNC(=O)N[C@H](C(=O)O)[C@@H](C)CC)s1. The third-order valence-electron chi connectivity index (χ3n) is 3.25. The molecule has 20 heavy (non-hydrogen) atoms. The number of hydrogen-bond donors (Lipinski definition) is 3. The van der Waals surface area contributed by atoms with Crippen LogP contribution in [-0.4, -0.2) is 23.1 Å². The molecule has 1 heterocycles. The molecule has 1 rings (SSSR count). The van der Waals surface area contributed by atoms with Crippen molar-refractivity contribution in [1.82, 2.24) is 10.6 Å². The number of nitrogens with one attached hydrogen (secondary N) is 2. The minimum absolute atomic E-state index is 0.105. The predicted molar refractivity (Wildman–Crippen MR) is 79.9 cm³/mol. The summed E-state index contributed by atoms with van der Waals surface area (Å²) in [6.07, 6.45) is 1.67. The average Bonchev–Trinajstić information content (AvgIpc) is 2.89. The lowest BCUT2D eigenvalue weighted by Crippen LogP contribution is -2.48. The van der Waals surface area contributed by atoms with Crippen LogP contribution in [0, 0.1) is 5.92 Å². The predicted octanol–water partition coefficient (Wildman–Crippen LogP) is 2.61. The zero-order valence-electron chi connectivity index (χ0n) is 12.1. The summed E-state index contributed by atoms with van der Waals surface area (Å²) >= 11 is 1.65. The van der Waals surface area contributed by atoms with E-state index in [-0.39, 0.29) is 5.92 Å². The maximum Gasteiger partial charge on any atom is 0.326 e. The van der Waals surface area contributed by atoms with Gasteiger partial charge in [-0.15, -0.1) is 11.3 Å². The molecular weight excluding hydrogens is 276 g/mol. The quantitative estimate of drug-likeness (QED) is 0.724. The molecule has 2 atom stereocenters. The van der Waals surface area contributed by atoms with E-state index in [4.69, 9.17) is 5.11 Å². The first-order chi connectivity index (χ1) is 9.47. The molecule has 5 nitrogen and oxygen atoms in total. The number of rotatable bonds is 7. The van der Waals surface area contributed by atoms with Gasteiger partial charge in [-0.3, -0.25) is 0 Å². The molecular formula is C14H22N2O3S.